The van der Waals surface area contributed by atoms with Gasteiger partial charge >= 0.3 is 6.18 Å². The Morgan fingerprint density at radius 3 is 2.29 bits per heavy atom. The highest BCUT2D eigenvalue weighted by atomic mass is 19.4. The van der Waals surface area contributed by atoms with Gasteiger partial charge in [0.15, 0.2) is 0 Å². The number of rotatable bonds is 5. The lowest BCUT2D eigenvalue weighted by Gasteiger charge is -2.18. The molecular formula is C16H17F3N4O. The maximum Gasteiger partial charge on any atom is 0.433 e. The lowest BCUT2D eigenvalue weighted by Crippen LogP contribution is -2.30. The van der Waals surface area contributed by atoms with Crippen LogP contribution >= 0.6 is 0 Å². The molecule has 0 aliphatic heterocycles. The van der Waals surface area contributed by atoms with E-state index in [0.29, 0.717) is 24.3 Å². The molecule has 8 heteroatoms. The quantitative estimate of drug-likeness (QED) is 0.903. The van der Waals surface area contributed by atoms with Gasteiger partial charge in [-0.3, -0.25) is 4.79 Å². The van der Waals surface area contributed by atoms with E-state index in [4.69, 9.17) is 0 Å². The second-order valence-corrected chi connectivity index (χ2v) is 4.94. The van der Waals surface area contributed by atoms with Crippen LogP contribution in [-0.2, 0) is 6.18 Å². The Morgan fingerprint density at radius 1 is 1.12 bits per heavy atom. The molecule has 1 aromatic carbocycles. The zero-order chi connectivity index (χ0) is 17.7. The van der Waals surface area contributed by atoms with Gasteiger partial charge in [-0.05, 0) is 44.2 Å². The minimum atomic E-state index is -4.53. The molecule has 0 atom stereocenters. The molecule has 128 valence electrons. The first-order chi connectivity index (χ1) is 11.3. The molecular weight excluding hydrogens is 321 g/mol. The zero-order valence-corrected chi connectivity index (χ0v) is 13.3. The average molecular weight is 338 g/mol. The van der Waals surface area contributed by atoms with Gasteiger partial charge < -0.3 is 10.2 Å². The second kappa shape index (κ2) is 7.29. The smallest absolute Gasteiger partial charge is 0.339 e. The molecule has 1 heterocycles. The molecule has 1 amide bonds. The number of amides is 1. The van der Waals surface area contributed by atoms with E-state index in [0.717, 1.165) is 12.3 Å². The minimum Gasteiger partial charge on any atom is -0.339 e. The van der Waals surface area contributed by atoms with Gasteiger partial charge in [0.1, 0.15) is 5.69 Å². The lowest BCUT2D eigenvalue weighted by atomic mass is 10.2. The van der Waals surface area contributed by atoms with Gasteiger partial charge in [-0.1, -0.05) is 0 Å². The van der Waals surface area contributed by atoms with Crippen LogP contribution in [0.4, 0.5) is 24.8 Å². The summed E-state index contributed by atoms with van der Waals surface area (Å²) < 4.78 is 37.9. The molecule has 5 nitrogen and oxygen atoms in total. The number of carbonyl (C=O) groups is 1. The fraction of sp³-hybridized carbons (Fsp3) is 0.312. The van der Waals surface area contributed by atoms with Crippen molar-refractivity contribution in [1.29, 1.82) is 0 Å². The fourth-order valence-electron chi connectivity index (χ4n) is 2.10. The van der Waals surface area contributed by atoms with Crippen molar-refractivity contribution in [1.82, 2.24) is 14.9 Å². The van der Waals surface area contributed by atoms with Crippen LogP contribution in [0.5, 0.6) is 0 Å². The summed E-state index contributed by atoms with van der Waals surface area (Å²) in [6.45, 7) is 4.99. The van der Waals surface area contributed by atoms with E-state index in [2.05, 4.69) is 15.3 Å². The monoisotopic (exact) mass is 338 g/mol. The Labute approximate surface area is 137 Å². The highest BCUT2D eigenvalue weighted by Crippen LogP contribution is 2.28. The van der Waals surface area contributed by atoms with Crippen LogP contribution in [0, 0.1) is 0 Å². The van der Waals surface area contributed by atoms with Crippen LogP contribution in [0.2, 0.25) is 0 Å². The number of alkyl halides is 3. The Balaban J connectivity index is 2.14. The number of carbonyl (C=O) groups excluding carboxylic acids is 1. The maximum absolute atomic E-state index is 12.6. The predicted octanol–water partition coefficient (Wildman–Crippen LogP) is 3.72. The molecule has 0 spiro atoms. The molecule has 0 bridgehead atoms. The van der Waals surface area contributed by atoms with Crippen molar-refractivity contribution in [2.45, 2.75) is 20.0 Å². The summed E-state index contributed by atoms with van der Waals surface area (Å²) in [6, 6.07) is 7.21. The van der Waals surface area contributed by atoms with Gasteiger partial charge in [-0.2, -0.15) is 13.2 Å². The standard InChI is InChI=1S/C16H17F3N4O/c1-3-23(4-2)14(24)11-5-7-12(8-6-11)21-15-20-10-9-13(22-15)16(17,18)19/h5-10H,3-4H2,1-2H3,(H,20,21,22). The van der Waals surface area contributed by atoms with Crippen molar-refractivity contribution < 1.29 is 18.0 Å². The summed E-state index contributed by atoms with van der Waals surface area (Å²) in [7, 11) is 0. The molecule has 1 aromatic heterocycles. The van der Waals surface area contributed by atoms with Crippen LogP contribution < -0.4 is 5.32 Å². The first kappa shape index (κ1) is 17.7. The van der Waals surface area contributed by atoms with Gasteiger partial charge in [0.25, 0.3) is 5.91 Å². The van der Waals surface area contributed by atoms with Crippen molar-refractivity contribution in [3.63, 3.8) is 0 Å². The lowest BCUT2D eigenvalue weighted by molar-refractivity contribution is -0.141. The molecule has 0 aliphatic carbocycles. The predicted molar refractivity (Wildman–Crippen MR) is 84.0 cm³/mol. The third kappa shape index (κ3) is 4.21. The number of anilines is 2. The van der Waals surface area contributed by atoms with Crippen molar-refractivity contribution >= 4 is 17.5 Å². The van der Waals surface area contributed by atoms with Gasteiger partial charge in [0, 0.05) is 30.5 Å². The highest BCUT2D eigenvalue weighted by Gasteiger charge is 2.32. The summed E-state index contributed by atoms with van der Waals surface area (Å²) in [5, 5.41) is 2.69. The third-order valence-electron chi connectivity index (χ3n) is 3.38. The molecule has 0 fully saturated rings. The first-order valence-electron chi connectivity index (χ1n) is 7.41. The van der Waals surface area contributed by atoms with Crippen molar-refractivity contribution in [3.8, 4) is 0 Å². The topological polar surface area (TPSA) is 58.1 Å². The Bertz CT molecular complexity index is 697. The molecule has 1 N–H and O–H groups in total. The number of nitrogens with one attached hydrogen (secondary N) is 1. The first-order valence-corrected chi connectivity index (χ1v) is 7.41. The number of halogens is 3. The minimum absolute atomic E-state index is 0.0955. The van der Waals surface area contributed by atoms with E-state index in [1.807, 2.05) is 13.8 Å². The van der Waals surface area contributed by atoms with Gasteiger partial charge in [-0.25, -0.2) is 9.97 Å². The summed E-state index contributed by atoms with van der Waals surface area (Å²) in [5.41, 5.74) is -0.0204. The van der Waals surface area contributed by atoms with Crippen LogP contribution in [-0.4, -0.2) is 33.9 Å². The van der Waals surface area contributed by atoms with E-state index in [1.165, 1.54) is 0 Å². The normalized spacial score (nSPS) is 11.2. The Morgan fingerprint density at radius 2 is 1.75 bits per heavy atom. The zero-order valence-electron chi connectivity index (χ0n) is 13.3. The van der Waals surface area contributed by atoms with Crippen LogP contribution in [0.15, 0.2) is 36.5 Å². The molecule has 0 radical (unpaired) electrons. The molecule has 0 aliphatic rings. The summed E-state index contributed by atoms with van der Waals surface area (Å²) in [5.74, 6) is -0.255. The molecule has 0 saturated carbocycles. The molecule has 24 heavy (non-hydrogen) atoms. The average Bonchev–Trinajstić information content (AvgIpc) is 2.56. The number of nitrogens with zero attached hydrogens (tertiary/aromatic N) is 3. The van der Waals surface area contributed by atoms with Crippen molar-refractivity contribution in [2.75, 3.05) is 18.4 Å². The Hall–Kier alpha value is -2.64. The van der Waals surface area contributed by atoms with Crippen LogP contribution in [0.25, 0.3) is 0 Å². The van der Waals surface area contributed by atoms with E-state index < -0.39 is 11.9 Å². The SMILES string of the molecule is CCN(CC)C(=O)c1ccc(Nc2nccc(C(F)(F)F)n2)cc1. The number of hydrogen-bond acceptors (Lipinski definition) is 4. The third-order valence-corrected chi connectivity index (χ3v) is 3.38. The molecule has 0 unspecified atom stereocenters. The molecule has 0 saturated heterocycles. The van der Waals surface area contributed by atoms with Gasteiger partial charge in [0.05, 0.1) is 0 Å². The Kier molecular flexibility index (Phi) is 5.38. The number of benzene rings is 1. The summed E-state index contributed by atoms with van der Waals surface area (Å²) in [4.78, 5) is 21.1. The molecule has 2 aromatic rings. The van der Waals surface area contributed by atoms with Gasteiger partial charge in [0.2, 0.25) is 5.95 Å². The summed E-state index contributed by atoms with van der Waals surface area (Å²) in [6.07, 6.45) is -3.49. The molecule has 2 rings (SSSR count). The number of aromatic nitrogens is 2. The fourth-order valence-corrected chi connectivity index (χ4v) is 2.10. The highest BCUT2D eigenvalue weighted by molar-refractivity contribution is 5.94. The van der Waals surface area contributed by atoms with Gasteiger partial charge in [-0.15, -0.1) is 0 Å². The number of hydrogen-bond donors (Lipinski definition) is 1. The van der Waals surface area contributed by atoms with Crippen LogP contribution in [0.1, 0.15) is 29.9 Å². The van der Waals surface area contributed by atoms with E-state index >= 15 is 0 Å². The van der Waals surface area contributed by atoms with E-state index in [9.17, 15) is 18.0 Å². The second-order valence-electron chi connectivity index (χ2n) is 4.94. The van der Waals surface area contributed by atoms with Crippen molar-refractivity contribution in [3.05, 3.63) is 47.8 Å². The maximum atomic E-state index is 12.6. The van der Waals surface area contributed by atoms with E-state index in [1.54, 1.807) is 29.2 Å². The largest absolute Gasteiger partial charge is 0.433 e. The van der Waals surface area contributed by atoms with Crippen LogP contribution in [0.3, 0.4) is 0 Å². The van der Waals surface area contributed by atoms with E-state index in [-0.39, 0.29) is 11.9 Å². The summed E-state index contributed by atoms with van der Waals surface area (Å²) >= 11 is 0. The van der Waals surface area contributed by atoms with Crippen molar-refractivity contribution in [2.24, 2.45) is 0 Å².